The predicted octanol–water partition coefficient (Wildman–Crippen LogP) is 5.54. The topological polar surface area (TPSA) is 98.5 Å². The Morgan fingerprint density at radius 2 is 1.77 bits per heavy atom. The van der Waals surface area contributed by atoms with E-state index in [4.69, 9.17) is 29.5 Å². The number of nitrogens with zero attached hydrogens (tertiary/aromatic N) is 7. The first-order valence-corrected chi connectivity index (χ1v) is 15.7. The molecule has 0 atom stereocenters. The molecule has 3 aromatic heterocycles. The molecule has 5 heterocycles. The first kappa shape index (κ1) is 27.8. The summed E-state index contributed by atoms with van der Waals surface area (Å²) in [6.07, 6.45) is 11.4. The van der Waals surface area contributed by atoms with Crippen molar-refractivity contribution < 1.29 is 14.3 Å². The molecule has 0 radical (unpaired) electrons. The summed E-state index contributed by atoms with van der Waals surface area (Å²) in [5.41, 5.74) is 5.74. The first-order chi connectivity index (χ1) is 21.1. The Bertz CT molecular complexity index is 1600. The highest BCUT2D eigenvalue weighted by atomic mass is 16.5. The molecule has 10 nitrogen and oxygen atoms in total. The van der Waals surface area contributed by atoms with Crippen molar-refractivity contribution >= 4 is 28.6 Å². The summed E-state index contributed by atoms with van der Waals surface area (Å²) in [6.45, 7) is 5.72. The highest BCUT2D eigenvalue weighted by molar-refractivity contribution is 6.00. The van der Waals surface area contributed by atoms with E-state index in [1.165, 1.54) is 24.9 Å². The van der Waals surface area contributed by atoms with Gasteiger partial charge in [0, 0.05) is 74.5 Å². The van der Waals surface area contributed by atoms with Crippen LogP contribution >= 0.6 is 0 Å². The van der Waals surface area contributed by atoms with Gasteiger partial charge in [0.1, 0.15) is 0 Å². The molecule has 3 aliphatic rings. The Hall–Kier alpha value is -4.05. The molecule has 1 saturated carbocycles. The SMILES string of the molecule is CCOC(=O)c1cc(-c2cnc(N(C)C3CCOCC3)nc2)c2c(C3CCC3)nn(-c3cccc(N4CCCC4)c3)c2n1. The van der Waals surface area contributed by atoms with E-state index in [0.29, 0.717) is 23.6 Å². The molecule has 2 saturated heterocycles. The Morgan fingerprint density at radius 1 is 1.02 bits per heavy atom. The van der Waals surface area contributed by atoms with Gasteiger partial charge in [-0.1, -0.05) is 12.5 Å². The average Bonchev–Trinajstić information content (AvgIpc) is 3.70. The Kier molecular flexibility index (Phi) is 7.69. The van der Waals surface area contributed by atoms with E-state index in [1.807, 2.05) is 37.1 Å². The van der Waals surface area contributed by atoms with Crippen molar-refractivity contribution in [2.24, 2.45) is 0 Å². The number of aromatic nitrogens is 5. The van der Waals surface area contributed by atoms with E-state index < -0.39 is 5.97 Å². The third-order valence-electron chi connectivity index (χ3n) is 9.19. The summed E-state index contributed by atoms with van der Waals surface area (Å²) < 4.78 is 12.9. The van der Waals surface area contributed by atoms with Gasteiger partial charge in [-0.2, -0.15) is 5.10 Å². The molecule has 0 bridgehead atoms. The molecule has 43 heavy (non-hydrogen) atoms. The standard InChI is InChI=1S/C33H39N7O3/c1-3-43-32(41)28-19-27(23-20-34-33(35-21-23)38(2)24-12-16-42-17-13-24)29-30(22-8-6-9-22)37-40(31(29)36-28)26-11-7-10-25(18-26)39-14-4-5-15-39/h7,10-11,18-22,24H,3-6,8-9,12-17H2,1-2H3. The van der Waals surface area contributed by atoms with Crippen LogP contribution in [0.15, 0.2) is 42.7 Å². The van der Waals surface area contributed by atoms with Crippen LogP contribution in [0.5, 0.6) is 0 Å². The van der Waals surface area contributed by atoms with Gasteiger partial charge in [-0.15, -0.1) is 0 Å². The summed E-state index contributed by atoms with van der Waals surface area (Å²) in [5.74, 6) is 0.575. The fraction of sp³-hybridized carbons (Fsp3) is 0.485. The lowest BCUT2D eigenvalue weighted by Crippen LogP contribution is -2.37. The number of hydrogen-bond donors (Lipinski definition) is 0. The maximum absolute atomic E-state index is 13.1. The van der Waals surface area contributed by atoms with E-state index in [1.54, 1.807) is 0 Å². The van der Waals surface area contributed by atoms with Crippen molar-refractivity contribution in [3.8, 4) is 16.8 Å². The van der Waals surface area contributed by atoms with Crippen LogP contribution in [0.25, 0.3) is 27.8 Å². The largest absolute Gasteiger partial charge is 0.461 e. The molecule has 3 fully saturated rings. The average molecular weight is 582 g/mol. The van der Waals surface area contributed by atoms with Crippen LogP contribution in [-0.4, -0.2) is 76.7 Å². The van der Waals surface area contributed by atoms with E-state index in [-0.39, 0.29) is 12.3 Å². The quantitative estimate of drug-likeness (QED) is 0.249. The lowest BCUT2D eigenvalue weighted by molar-refractivity contribution is 0.0520. The number of pyridine rings is 1. The van der Waals surface area contributed by atoms with Gasteiger partial charge in [0.25, 0.3) is 0 Å². The number of benzene rings is 1. The third kappa shape index (κ3) is 5.33. The number of esters is 1. The van der Waals surface area contributed by atoms with Crippen LogP contribution in [-0.2, 0) is 9.47 Å². The molecule has 1 aliphatic carbocycles. The van der Waals surface area contributed by atoms with Gasteiger partial charge >= 0.3 is 5.97 Å². The monoisotopic (exact) mass is 581 g/mol. The van der Waals surface area contributed by atoms with E-state index >= 15 is 0 Å². The molecular weight excluding hydrogens is 542 g/mol. The predicted molar refractivity (Wildman–Crippen MR) is 166 cm³/mol. The minimum Gasteiger partial charge on any atom is -0.461 e. The van der Waals surface area contributed by atoms with E-state index in [0.717, 1.165) is 79.9 Å². The Labute approximate surface area is 252 Å². The summed E-state index contributed by atoms with van der Waals surface area (Å²) in [5, 5.41) is 6.17. The molecule has 0 spiro atoms. The van der Waals surface area contributed by atoms with Crippen molar-refractivity contribution in [3.05, 3.63) is 54.1 Å². The van der Waals surface area contributed by atoms with Crippen molar-refractivity contribution in [3.63, 3.8) is 0 Å². The smallest absolute Gasteiger partial charge is 0.357 e. The molecule has 0 N–H and O–H groups in total. The van der Waals surface area contributed by atoms with Crippen molar-refractivity contribution in [1.82, 2.24) is 24.7 Å². The molecular formula is C33H39N7O3. The summed E-state index contributed by atoms with van der Waals surface area (Å²) in [4.78, 5) is 32.1. The van der Waals surface area contributed by atoms with Crippen LogP contribution in [0.3, 0.4) is 0 Å². The second kappa shape index (κ2) is 11.9. The first-order valence-electron chi connectivity index (χ1n) is 15.7. The number of hydrogen-bond acceptors (Lipinski definition) is 9. The molecule has 0 unspecified atom stereocenters. The van der Waals surface area contributed by atoms with E-state index in [2.05, 4.69) is 34.1 Å². The fourth-order valence-electron chi connectivity index (χ4n) is 6.50. The number of carbonyl (C=O) groups is 1. The lowest BCUT2D eigenvalue weighted by Gasteiger charge is -2.31. The van der Waals surface area contributed by atoms with Crippen molar-refractivity contribution in [1.29, 1.82) is 0 Å². The Morgan fingerprint density at radius 3 is 2.47 bits per heavy atom. The number of ether oxygens (including phenoxy) is 2. The van der Waals surface area contributed by atoms with Crippen LogP contribution in [0, 0.1) is 0 Å². The normalized spacial score (nSPS) is 17.8. The highest BCUT2D eigenvalue weighted by Gasteiger charge is 2.30. The minimum absolute atomic E-state index is 0.254. The minimum atomic E-state index is -0.453. The summed E-state index contributed by atoms with van der Waals surface area (Å²) in [7, 11) is 2.05. The van der Waals surface area contributed by atoms with Gasteiger partial charge in [-0.3, -0.25) is 0 Å². The molecule has 4 aromatic rings. The van der Waals surface area contributed by atoms with Gasteiger partial charge in [-0.05, 0) is 69.7 Å². The number of anilines is 2. The van der Waals surface area contributed by atoms with Gasteiger partial charge in [0.2, 0.25) is 5.95 Å². The third-order valence-corrected chi connectivity index (χ3v) is 9.19. The zero-order valence-electron chi connectivity index (χ0n) is 25.0. The zero-order chi connectivity index (χ0) is 29.3. The second-order valence-corrected chi connectivity index (χ2v) is 11.8. The molecule has 0 amide bonds. The molecule has 1 aromatic carbocycles. The van der Waals surface area contributed by atoms with Crippen LogP contribution in [0.2, 0.25) is 0 Å². The Balaban J connectivity index is 1.36. The second-order valence-electron chi connectivity index (χ2n) is 11.8. The number of carbonyl (C=O) groups excluding carboxylic acids is 1. The maximum Gasteiger partial charge on any atom is 0.357 e. The van der Waals surface area contributed by atoms with Crippen molar-refractivity contribution in [2.75, 3.05) is 49.8 Å². The lowest BCUT2D eigenvalue weighted by atomic mass is 9.81. The summed E-state index contributed by atoms with van der Waals surface area (Å²) >= 11 is 0. The molecule has 2 aliphatic heterocycles. The highest BCUT2D eigenvalue weighted by Crippen LogP contribution is 2.43. The van der Waals surface area contributed by atoms with Gasteiger partial charge < -0.3 is 19.3 Å². The zero-order valence-corrected chi connectivity index (χ0v) is 25.0. The number of fused-ring (bicyclic) bond motifs is 1. The molecule has 10 heteroatoms. The number of rotatable bonds is 8. The maximum atomic E-state index is 13.1. The van der Waals surface area contributed by atoms with E-state index in [9.17, 15) is 4.79 Å². The summed E-state index contributed by atoms with van der Waals surface area (Å²) in [6, 6.07) is 10.7. The van der Waals surface area contributed by atoms with Gasteiger partial charge in [0.15, 0.2) is 11.3 Å². The molecule has 224 valence electrons. The fourth-order valence-corrected chi connectivity index (χ4v) is 6.50. The van der Waals surface area contributed by atoms with Gasteiger partial charge in [-0.25, -0.2) is 24.4 Å². The van der Waals surface area contributed by atoms with Crippen LogP contribution < -0.4 is 9.80 Å². The van der Waals surface area contributed by atoms with Gasteiger partial charge in [0.05, 0.1) is 23.4 Å². The van der Waals surface area contributed by atoms with Crippen LogP contribution in [0.1, 0.15) is 74.0 Å². The van der Waals surface area contributed by atoms with Crippen molar-refractivity contribution in [2.45, 2.75) is 63.8 Å². The molecule has 7 rings (SSSR count). The van der Waals surface area contributed by atoms with Crippen LogP contribution in [0.4, 0.5) is 11.6 Å².